The highest BCUT2D eigenvalue weighted by Gasteiger charge is 2.28. The van der Waals surface area contributed by atoms with Crippen molar-refractivity contribution in [1.29, 1.82) is 0 Å². The quantitative estimate of drug-likeness (QED) is 0.0559. The lowest BCUT2D eigenvalue weighted by molar-refractivity contribution is -0.141. The maximum atomic E-state index is 11.1. The van der Waals surface area contributed by atoms with Crippen LogP contribution in [0.5, 0.6) is 11.5 Å². The van der Waals surface area contributed by atoms with E-state index in [-0.39, 0.29) is 39.0 Å². The summed E-state index contributed by atoms with van der Waals surface area (Å²) in [5.41, 5.74) is 1.63. The van der Waals surface area contributed by atoms with Crippen molar-refractivity contribution in [2.75, 3.05) is 59.6 Å². The summed E-state index contributed by atoms with van der Waals surface area (Å²) >= 11 is 14.7. The van der Waals surface area contributed by atoms with Crippen LogP contribution in [0.4, 0.5) is 0 Å². The van der Waals surface area contributed by atoms with E-state index in [9.17, 15) is 14.7 Å². The topological polar surface area (TPSA) is 119 Å². The van der Waals surface area contributed by atoms with Crippen LogP contribution in [0.3, 0.4) is 0 Å². The van der Waals surface area contributed by atoms with Crippen LogP contribution < -0.4 is 9.47 Å². The van der Waals surface area contributed by atoms with Crippen LogP contribution in [0.1, 0.15) is 31.9 Å². The molecule has 0 radical (unpaired) electrons. The third-order valence-corrected chi connectivity index (χ3v) is 9.02. The minimum atomic E-state index is -0.565. The number of halogens is 4. The summed E-state index contributed by atoms with van der Waals surface area (Å²) in [6.07, 6.45) is 1.63. The molecule has 10 nitrogen and oxygen atoms in total. The van der Waals surface area contributed by atoms with Crippen LogP contribution in [0.2, 0.25) is 0 Å². The van der Waals surface area contributed by atoms with Gasteiger partial charge in [-0.05, 0) is 99.1 Å². The van der Waals surface area contributed by atoms with Gasteiger partial charge in [-0.2, -0.15) is 0 Å². The molecule has 2 unspecified atom stereocenters. The zero-order chi connectivity index (χ0) is 35.0. The minimum Gasteiger partial charge on any atom is -0.491 e. The first-order valence-electron chi connectivity index (χ1n) is 14.5. The van der Waals surface area contributed by atoms with Crippen LogP contribution >= 0.6 is 63.7 Å². The van der Waals surface area contributed by atoms with Crippen molar-refractivity contribution in [3.05, 3.63) is 78.6 Å². The van der Waals surface area contributed by atoms with Gasteiger partial charge in [0.1, 0.15) is 44.2 Å². The van der Waals surface area contributed by atoms with Gasteiger partial charge in [0.05, 0.1) is 50.9 Å². The maximum Gasteiger partial charge on any atom is 0.330 e. The van der Waals surface area contributed by atoms with Gasteiger partial charge in [0.15, 0.2) is 0 Å². The Morgan fingerprint density at radius 1 is 0.745 bits per heavy atom. The molecule has 2 aromatic rings. The molecular formula is C33H40Br4O10. The van der Waals surface area contributed by atoms with Crippen molar-refractivity contribution < 1.29 is 47.9 Å². The van der Waals surface area contributed by atoms with E-state index in [1.807, 2.05) is 31.2 Å². The monoisotopic (exact) mass is 912 g/mol. The predicted molar refractivity (Wildman–Crippen MR) is 192 cm³/mol. The molecule has 0 amide bonds. The molecule has 0 fully saturated rings. The third kappa shape index (κ3) is 13.9. The van der Waals surface area contributed by atoms with Gasteiger partial charge in [-0.15, -0.1) is 0 Å². The summed E-state index contributed by atoms with van der Waals surface area (Å²) in [5.74, 6) is 0.350. The second-order valence-electron chi connectivity index (χ2n) is 10.7. The summed E-state index contributed by atoms with van der Waals surface area (Å²) in [5, 5.41) is 9.30. The van der Waals surface area contributed by atoms with Gasteiger partial charge in [0.2, 0.25) is 0 Å². The molecule has 2 aromatic carbocycles. The Balaban J connectivity index is 2.03. The van der Waals surface area contributed by atoms with Gasteiger partial charge in [-0.3, -0.25) is 0 Å². The third-order valence-electron chi connectivity index (χ3n) is 6.66. The van der Waals surface area contributed by atoms with Gasteiger partial charge in [0, 0.05) is 23.5 Å². The Morgan fingerprint density at radius 2 is 1.17 bits per heavy atom. The first-order chi connectivity index (χ1) is 22.3. The maximum absolute atomic E-state index is 11.1. The summed E-state index contributed by atoms with van der Waals surface area (Å²) in [6.45, 7) is 14.3. The Hall–Kier alpha value is -1.78. The molecule has 47 heavy (non-hydrogen) atoms. The molecule has 1 N–H and O–H groups in total. The summed E-state index contributed by atoms with van der Waals surface area (Å²) in [4.78, 5) is 22.2. The number of esters is 2. The second kappa shape index (κ2) is 21.3. The normalized spacial score (nSPS) is 12.6. The average molecular weight is 916 g/mol. The largest absolute Gasteiger partial charge is 0.491 e. The van der Waals surface area contributed by atoms with Crippen molar-refractivity contribution in [2.24, 2.45) is 5.92 Å². The number of hydrogen-bond acceptors (Lipinski definition) is 10. The molecule has 0 aliphatic rings. The smallest absolute Gasteiger partial charge is 0.330 e. The molecule has 260 valence electrons. The van der Waals surface area contributed by atoms with Gasteiger partial charge >= 0.3 is 11.9 Å². The standard InChI is InChI=1S/C33H40Br4O10/c1-6-29(39)43-10-8-41-16-21(3)17-45-31-25(34)12-22(13-26(31)35)33(4,5)23-14-27(36)32(28(37)15-23)46-19-24(47-20-38)18-42-9-11-44-30(40)7-2/h6-7,12-15,21,24,38H,1-2,8-11,16-20H2,3-5H3. The molecule has 0 saturated heterocycles. The Bertz CT molecular complexity index is 1300. The Labute approximate surface area is 309 Å². The molecule has 0 heterocycles. The van der Waals surface area contributed by atoms with E-state index in [2.05, 4.69) is 90.7 Å². The highest BCUT2D eigenvalue weighted by molar-refractivity contribution is 9.11. The SMILES string of the molecule is C=CC(=O)OCCOCC(C)COc1c(Br)cc(C(C)(C)c2cc(Br)c(OCC(COCCOC(=O)C=C)OCO)c(Br)c2)cc1Br. The molecule has 0 aromatic heterocycles. The first-order valence-corrected chi connectivity index (χ1v) is 17.7. The van der Waals surface area contributed by atoms with E-state index < -0.39 is 30.3 Å². The number of ether oxygens (including phenoxy) is 7. The van der Waals surface area contributed by atoms with E-state index in [0.717, 1.165) is 41.2 Å². The van der Waals surface area contributed by atoms with Crippen molar-refractivity contribution >= 4 is 75.7 Å². The number of benzene rings is 2. The Kier molecular flexibility index (Phi) is 18.8. The van der Waals surface area contributed by atoms with Crippen molar-refractivity contribution in [3.8, 4) is 11.5 Å². The fourth-order valence-electron chi connectivity index (χ4n) is 4.00. The van der Waals surface area contributed by atoms with E-state index in [1.165, 1.54) is 0 Å². The summed E-state index contributed by atoms with van der Waals surface area (Å²) in [7, 11) is 0. The molecular weight excluding hydrogens is 876 g/mol. The fourth-order valence-corrected chi connectivity index (χ4v) is 6.83. The van der Waals surface area contributed by atoms with Gasteiger partial charge in [0.25, 0.3) is 0 Å². The van der Waals surface area contributed by atoms with E-state index in [4.69, 9.17) is 33.2 Å². The molecule has 0 bridgehead atoms. The number of rotatable bonds is 22. The highest BCUT2D eigenvalue weighted by Crippen LogP contribution is 2.44. The fraction of sp³-hybridized carbons (Fsp3) is 0.455. The number of carbonyl (C=O) groups excluding carboxylic acids is 2. The number of carbonyl (C=O) groups is 2. The van der Waals surface area contributed by atoms with Gasteiger partial charge in [-0.25, -0.2) is 9.59 Å². The molecule has 0 spiro atoms. The predicted octanol–water partition coefficient (Wildman–Crippen LogP) is 7.28. The molecule has 2 atom stereocenters. The Morgan fingerprint density at radius 3 is 1.60 bits per heavy atom. The van der Waals surface area contributed by atoms with Gasteiger partial charge in [-0.1, -0.05) is 33.9 Å². The molecule has 2 rings (SSSR count). The first kappa shape index (κ1) is 41.4. The van der Waals surface area contributed by atoms with Crippen molar-refractivity contribution in [1.82, 2.24) is 0 Å². The lowest BCUT2D eigenvalue weighted by Crippen LogP contribution is -2.28. The molecule has 0 saturated carbocycles. The van der Waals surface area contributed by atoms with E-state index in [1.54, 1.807) is 0 Å². The van der Waals surface area contributed by atoms with Gasteiger partial charge < -0.3 is 38.3 Å². The summed E-state index contributed by atoms with van der Waals surface area (Å²) in [6, 6.07) is 8.07. The lowest BCUT2D eigenvalue weighted by Gasteiger charge is -2.29. The number of aliphatic hydroxyl groups is 1. The minimum absolute atomic E-state index is 0.0721. The number of aliphatic hydroxyl groups excluding tert-OH is 1. The molecule has 0 aliphatic carbocycles. The number of hydrogen-bond donors (Lipinski definition) is 1. The average Bonchev–Trinajstić information content (AvgIpc) is 3.02. The lowest BCUT2D eigenvalue weighted by atomic mass is 9.78. The molecule has 14 heteroatoms. The zero-order valence-corrected chi connectivity index (χ0v) is 32.9. The van der Waals surface area contributed by atoms with Crippen molar-refractivity contribution in [2.45, 2.75) is 32.3 Å². The van der Waals surface area contributed by atoms with Crippen LogP contribution in [-0.4, -0.2) is 82.8 Å². The highest BCUT2D eigenvalue weighted by atomic mass is 79.9. The second-order valence-corrected chi connectivity index (χ2v) is 14.1. The molecule has 0 aliphatic heterocycles. The van der Waals surface area contributed by atoms with E-state index in [0.29, 0.717) is 31.3 Å². The summed E-state index contributed by atoms with van der Waals surface area (Å²) < 4.78 is 41.4. The zero-order valence-electron chi connectivity index (χ0n) is 26.5. The van der Waals surface area contributed by atoms with Crippen LogP contribution in [0.15, 0.2) is 67.5 Å². The van der Waals surface area contributed by atoms with Crippen molar-refractivity contribution in [3.63, 3.8) is 0 Å². The van der Waals surface area contributed by atoms with Crippen LogP contribution in [0.25, 0.3) is 0 Å². The van der Waals surface area contributed by atoms with Crippen LogP contribution in [0, 0.1) is 5.92 Å². The van der Waals surface area contributed by atoms with E-state index >= 15 is 0 Å². The van der Waals surface area contributed by atoms with Crippen LogP contribution in [-0.2, 0) is 38.7 Å².